The molecule has 1 aromatic heterocycles. The number of hydrogen-bond donors (Lipinski definition) is 2. The Balaban J connectivity index is 2.15. The van der Waals surface area contributed by atoms with Gasteiger partial charge in [-0.05, 0) is 24.8 Å². The molecule has 2 amide bonds. The third-order valence-corrected chi connectivity index (χ3v) is 4.52. The largest absolute Gasteiger partial charge is 0.366 e. The van der Waals surface area contributed by atoms with E-state index in [2.05, 4.69) is 6.92 Å². The predicted octanol–water partition coefficient (Wildman–Crippen LogP) is 1.05. The van der Waals surface area contributed by atoms with Crippen LogP contribution in [0, 0.1) is 5.92 Å². The minimum absolute atomic E-state index is 0.0418. The topological polar surface area (TPSA) is 89.4 Å². The van der Waals surface area contributed by atoms with Crippen molar-refractivity contribution in [3.05, 3.63) is 21.9 Å². The molecule has 1 aromatic rings. The smallest absolute Gasteiger partial charge is 0.264 e. The van der Waals surface area contributed by atoms with E-state index in [1.54, 1.807) is 11.4 Å². The Hall–Kier alpha value is -1.40. The number of carbonyl (C=O) groups is 2. The Labute approximate surface area is 116 Å². The first-order chi connectivity index (χ1) is 9.02. The van der Waals surface area contributed by atoms with Gasteiger partial charge in [-0.25, -0.2) is 0 Å². The molecule has 2 rings (SSSR count). The van der Waals surface area contributed by atoms with E-state index in [1.165, 1.54) is 11.3 Å². The van der Waals surface area contributed by atoms with Crippen LogP contribution in [0.15, 0.2) is 11.4 Å². The van der Waals surface area contributed by atoms with E-state index in [0.717, 1.165) is 19.4 Å². The number of thiophene rings is 1. The molecule has 0 spiro atoms. The van der Waals surface area contributed by atoms with E-state index in [0.29, 0.717) is 22.9 Å². The molecule has 1 aliphatic rings. The SMILES string of the molecule is CC1CCN(C(=O)c2cc(C(N)=O)cs2)C(CN)C1. The Morgan fingerprint density at radius 2 is 2.26 bits per heavy atom. The molecule has 2 atom stereocenters. The maximum Gasteiger partial charge on any atom is 0.264 e. The van der Waals surface area contributed by atoms with Crippen molar-refractivity contribution in [2.45, 2.75) is 25.8 Å². The van der Waals surface area contributed by atoms with E-state index < -0.39 is 5.91 Å². The first-order valence-corrected chi connectivity index (χ1v) is 7.30. The van der Waals surface area contributed by atoms with Crippen molar-refractivity contribution in [3.8, 4) is 0 Å². The highest BCUT2D eigenvalue weighted by Gasteiger charge is 2.30. The molecule has 1 saturated heterocycles. The first kappa shape index (κ1) is 14.0. The first-order valence-electron chi connectivity index (χ1n) is 6.42. The minimum atomic E-state index is -0.502. The minimum Gasteiger partial charge on any atom is -0.366 e. The molecule has 0 radical (unpaired) electrons. The summed E-state index contributed by atoms with van der Waals surface area (Å²) in [5.74, 6) is 0.0555. The summed E-state index contributed by atoms with van der Waals surface area (Å²) in [5, 5.41) is 1.62. The standard InChI is InChI=1S/C13H19N3O2S/c1-8-2-3-16(10(4-8)6-14)13(18)11-5-9(7-19-11)12(15)17/h5,7-8,10H,2-4,6,14H2,1H3,(H2,15,17). The molecule has 1 fully saturated rings. The fourth-order valence-electron chi connectivity index (χ4n) is 2.46. The number of nitrogens with zero attached hydrogens (tertiary/aromatic N) is 1. The highest BCUT2D eigenvalue weighted by Crippen LogP contribution is 2.25. The van der Waals surface area contributed by atoms with Crippen LogP contribution in [0.25, 0.3) is 0 Å². The average molecular weight is 281 g/mol. The summed E-state index contributed by atoms with van der Waals surface area (Å²) in [5.41, 5.74) is 11.4. The van der Waals surface area contributed by atoms with Crippen molar-refractivity contribution in [3.63, 3.8) is 0 Å². The zero-order chi connectivity index (χ0) is 14.0. The van der Waals surface area contributed by atoms with Crippen LogP contribution in [0.3, 0.4) is 0 Å². The maximum atomic E-state index is 12.4. The Bertz CT molecular complexity index is 486. The molecule has 4 N–H and O–H groups in total. The number of primary amides is 1. The van der Waals surface area contributed by atoms with Crippen molar-refractivity contribution in [1.29, 1.82) is 0 Å². The number of piperidine rings is 1. The van der Waals surface area contributed by atoms with Gasteiger partial charge in [0.1, 0.15) is 0 Å². The van der Waals surface area contributed by atoms with Gasteiger partial charge in [0, 0.05) is 24.5 Å². The predicted molar refractivity (Wildman–Crippen MR) is 75.1 cm³/mol. The fraction of sp³-hybridized carbons (Fsp3) is 0.538. The zero-order valence-corrected chi connectivity index (χ0v) is 11.8. The molecule has 0 bridgehead atoms. The van der Waals surface area contributed by atoms with Crippen LogP contribution >= 0.6 is 11.3 Å². The molecule has 0 aromatic carbocycles. The van der Waals surface area contributed by atoms with Crippen molar-refractivity contribution in [1.82, 2.24) is 4.90 Å². The summed E-state index contributed by atoms with van der Waals surface area (Å²) in [6.45, 7) is 3.39. The molecule has 0 saturated carbocycles. The number of likely N-dealkylation sites (tertiary alicyclic amines) is 1. The van der Waals surface area contributed by atoms with E-state index in [9.17, 15) is 9.59 Å². The summed E-state index contributed by atoms with van der Waals surface area (Å²) >= 11 is 1.26. The van der Waals surface area contributed by atoms with E-state index >= 15 is 0 Å². The van der Waals surface area contributed by atoms with Crippen LogP contribution in [0.4, 0.5) is 0 Å². The van der Waals surface area contributed by atoms with Crippen molar-refractivity contribution < 1.29 is 9.59 Å². The summed E-state index contributed by atoms with van der Waals surface area (Å²) in [6, 6.07) is 1.66. The molecule has 2 unspecified atom stereocenters. The summed E-state index contributed by atoms with van der Waals surface area (Å²) in [7, 11) is 0. The van der Waals surface area contributed by atoms with Crippen molar-refractivity contribution in [2.75, 3.05) is 13.1 Å². The van der Waals surface area contributed by atoms with Gasteiger partial charge in [-0.15, -0.1) is 11.3 Å². The van der Waals surface area contributed by atoms with Gasteiger partial charge in [0.15, 0.2) is 0 Å². The van der Waals surface area contributed by atoms with E-state index in [4.69, 9.17) is 11.5 Å². The maximum absolute atomic E-state index is 12.4. The quantitative estimate of drug-likeness (QED) is 0.867. The molecule has 0 aliphatic carbocycles. The molecule has 1 aliphatic heterocycles. The van der Waals surface area contributed by atoms with Crippen molar-refractivity contribution >= 4 is 23.2 Å². The molecule has 2 heterocycles. The van der Waals surface area contributed by atoms with Gasteiger partial charge in [-0.3, -0.25) is 9.59 Å². The van der Waals surface area contributed by atoms with Gasteiger partial charge < -0.3 is 16.4 Å². The lowest BCUT2D eigenvalue weighted by atomic mass is 9.92. The van der Waals surface area contributed by atoms with Gasteiger partial charge in [-0.2, -0.15) is 0 Å². The highest BCUT2D eigenvalue weighted by molar-refractivity contribution is 7.12. The normalized spacial score (nSPS) is 23.4. The number of hydrogen-bond acceptors (Lipinski definition) is 4. The molecule has 6 heteroatoms. The molecule has 19 heavy (non-hydrogen) atoms. The summed E-state index contributed by atoms with van der Waals surface area (Å²) < 4.78 is 0. The number of carbonyl (C=O) groups excluding carboxylic acids is 2. The van der Waals surface area contributed by atoms with Crippen LogP contribution in [-0.4, -0.2) is 35.8 Å². The van der Waals surface area contributed by atoms with Gasteiger partial charge in [0.05, 0.1) is 10.4 Å². The Kier molecular flexibility index (Phi) is 4.21. The lowest BCUT2D eigenvalue weighted by Gasteiger charge is -2.37. The summed E-state index contributed by atoms with van der Waals surface area (Å²) in [4.78, 5) is 25.9. The fourth-order valence-corrected chi connectivity index (χ4v) is 3.31. The van der Waals surface area contributed by atoms with Gasteiger partial charge >= 0.3 is 0 Å². The van der Waals surface area contributed by atoms with Gasteiger partial charge in [-0.1, -0.05) is 6.92 Å². The van der Waals surface area contributed by atoms with Crippen LogP contribution < -0.4 is 11.5 Å². The number of rotatable bonds is 3. The molecule has 5 nitrogen and oxygen atoms in total. The van der Waals surface area contributed by atoms with Crippen LogP contribution in [0.5, 0.6) is 0 Å². The average Bonchev–Trinajstić information content (AvgIpc) is 2.87. The Morgan fingerprint density at radius 1 is 1.53 bits per heavy atom. The van der Waals surface area contributed by atoms with Crippen LogP contribution in [0.2, 0.25) is 0 Å². The Morgan fingerprint density at radius 3 is 2.84 bits per heavy atom. The van der Waals surface area contributed by atoms with Crippen molar-refractivity contribution in [2.24, 2.45) is 17.4 Å². The third kappa shape index (κ3) is 2.96. The van der Waals surface area contributed by atoms with E-state index in [1.807, 2.05) is 4.90 Å². The van der Waals surface area contributed by atoms with Crippen LogP contribution in [-0.2, 0) is 0 Å². The third-order valence-electron chi connectivity index (χ3n) is 3.61. The lowest BCUT2D eigenvalue weighted by Crippen LogP contribution is -2.49. The lowest BCUT2D eigenvalue weighted by molar-refractivity contribution is 0.0578. The second kappa shape index (κ2) is 5.71. The van der Waals surface area contributed by atoms with Gasteiger partial charge in [0.25, 0.3) is 5.91 Å². The zero-order valence-electron chi connectivity index (χ0n) is 11.0. The number of amides is 2. The second-order valence-electron chi connectivity index (χ2n) is 5.08. The highest BCUT2D eigenvalue weighted by atomic mass is 32.1. The summed E-state index contributed by atoms with van der Waals surface area (Å²) in [6.07, 6.45) is 1.94. The molecular weight excluding hydrogens is 262 g/mol. The second-order valence-corrected chi connectivity index (χ2v) is 5.99. The monoisotopic (exact) mass is 281 g/mol. The molecular formula is C13H19N3O2S. The molecule has 104 valence electrons. The van der Waals surface area contributed by atoms with E-state index in [-0.39, 0.29) is 11.9 Å². The van der Waals surface area contributed by atoms with Gasteiger partial charge in [0.2, 0.25) is 5.91 Å². The van der Waals surface area contributed by atoms with Crippen LogP contribution in [0.1, 0.15) is 39.8 Å². The number of nitrogens with two attached hydrogens (primary N) is 2.